The number of nitrogens with two attached hydrogens (primary N) is 2. The highest BCUT2D eigenvalue weighted by Gasteiger charge is 2.40. The lowest BCUT2D eigenvalue weighted by molar-refractivity contribution is -0.145. The van der Waals surface area contributed by atoms with Crippen LogP contribution < -0.4 is 32.7 Å². The van der Waals surface area contributed by atoms with Gasteiger partial charge in [0.2, 0.25) is 29.5 Å². The minimum Gasteiger partial charge on any atom is -0.480 e. The van der Waals surface area contributed by atoms with Crippen LogP contribution in [0.5, 0.6) is 0 Å². The summed E-state index contributed by atoms with van der Waals surface area (Å²) >= 11 is 0. The van der Waals surface area contributed by atoms with E-state index in [-0.39, 0.29) is 38.6 Å². The Morgan fingerprint density at radius 2 is 1.22 bits per heavy atom. The Bertz CT molecular complexity index is 2000. The number of nitrogens with zero attached hydrogens (tertiary/aromatic N) is 2. The zero-order valence-electron chi connectivity index (χ0n) is 33.5. The number of likely N-dealkylation sites (tertiary alicyclic amines) is 1. The highest BCUT2D eigenvalue weighted by atomic mass is 16.4. The molecule has 16 nitrogen and oxygen atoms in total. The summed E-state index contributed by atoms with van der Waals surface area (Å²) in [5.41, 5.74) is 14.7. The number of nitrogens with one attached hydrogen (secondary N) is 5. The Hall–Kier alpha value is -6.39. The van der Waals surface area contributed by atoms with Gasteiger partial charge in [0.05, 0.1) is 12.4 Å². The van der Waals surface area contributed by atoms with Gasteiger partial charge in [-0.3, -0.25) is 24.0 Å². The van der Waals surface area contributed by atoms with Crippen molar-refractivity contribution in [2.75, 3.05) is 13.1 Å². The van der Waals surface area contributed by atoms with E-state index in [1.807, 2.05) is 78.9 Å². The van der Waals surface area contributed by atoms with E-state index < -0.39 is 71.8 Å². The average Bonchev–Trinajstić information content (AvgIpc) is 3.96. The molecule has 4 aromatic rings. The fourth-order valence-electron chi connectivity index (χ4n) is 7.24. The number of aromatic nitrogens is 2. The maximum atomic E-state index is 14.5. The van der Waals surface area contributed by atoms with E-state index in [2.05, 4.69) is 31.2 Å². The molecule has 2 heterocycles. The van der Waals surface area contributed by atoms with Gasteiger partial charge in [-0.25, -0.2) is 9.78 Å². The number of H-pyrrole nitrogens is 1. The third-order valence-corrected chi connectivity index (χ3v) is 10.5. The normalized spacial score (nSPS) is 16.1. The maximum Gasteiger partial charge on any atom is 0.326 e. The van der Waals surface area contributed by atoms with Crippen LogP contribution in [0.1, 0.15) is 54.5 Å². The van der Waals surface area contributed by atoms with Gasteiger partial charge in [-0.15, -0.1) is 0 Å². The van der Waals surface area contributed by atoms with Crippen LogP contribution in [-0.2, 0) is 54.5 Å². The zero-order chi connectivity index (χ0) is 42.9. The molecule has 5 amide bonds. The molecule has 0 saturated carbocycles. The molecule has 1 saturated heterocycles. The predicted octanol–water partition coefficient (Wildman–Crippen LogP) is 1.15. The number of hydrogen-bond donors (Lipinski definition) is 8. The molecule has 1 aliphatic rings. The number of hydrogen-bond acceptors (Lipinski definition) is 9. The first-order chi connectivity index (χ1) is 29.0. The van der Waals surface area contributed by atoms with Crippen LogP contribution in [0.3, 0.4) is 0 Å². The quantitative estimate of drug-likeness (QED) is 0.0525. The first-order valence-corrected chi connectivity index (χ1v) is 20.3. The summed E-state index contributed by atoms with van der Waals surface area (Å²) in [6.07, 6.45) is 5.50. The molecular weight excluding hydrogens is 767 g/mol. The number of aliphatic carboxylic acids is 1. The van der Waals surface area contributed by atoms with E-state index in [4.69, 9.17) is 11.5 Å². The van der Waals surface area contributed by atoms with Gasteiger partial charge in [0.15, 0.2) is 0 Å². The largest absolute Gasteiger partial charge is 0.480 e. The second-order valence-electron chi connectivity index (χ2n) is 15.0. The van der Waals surface area contributed by atoms with Crippen LogP contribution in [0, 0.1) is 0 Å². The van der Waals surface area contributed by atoms with E-state index in [1.54, 1.807) is 18.3 Å². The van der Waals surface area contributed by atoms with Gasteiger partial charge in [0, 0.05) is 44.1 Å². The summed E-state index contributed by atoms with van der Waals surface area (Å²) in [5.74, 6) is -4.17. The van der Waals surface area contributed by atoms with Crippen molar-refractivity contribution in [2.45, 2.75) is 94.0 Å². The molecule has 1 aromatic heterocycles. The van der Waals surface area contributed by atoms with Crippen LogP contribution in [-0.4, -0.2) is 105 Å². The minimum absolute atomic E-state index is 0.0471. The standard InChI is InChI=1S/C44H55N9O7/c45-21-11-10-19-34(44(59)60)49-42(57)38-20-12-22-53(38)43(58)37(25-31-17-8-3-9-18-31)52-41(56)36(24-30-15-6-2-7-16-30)51-40(55)35(23-29-13-4-1-5-14-29)50-39(54)33(46)26-32-27-47-28-48-32/h1-9,13-18,27-28,33-38H,10-12,19-26,45-46H2,(H,47,48)(H,49,57)(H,50,54)(H,51,55)(H,52,56)(H,59,60)/t33-,34-,35-,36-,37-,38-/m0/s1. The molecule has 3 aromatic carbocycles. The van der Waals surface area contributed by atoms with Gasteiger partial charge >= 0.3 is 5.97 Å². The molecule has 1 aliphatic heterocycles. The number of amides is 5. The molecule has 0 unspecified atom stereocenters. The molecule has 1 fully saturated rings. The van der Waals surface area contributed by atoms with Crippen molar-refractivity contribution in [3.05, 3.63) is 126 Å². The van der Waals surface area contributed by atoms with Crippen molar-refractivity contribution < 1.29 is 33.9 Å². The number of carboxylic acids is 1. The molecule has 0 spiro atoms. The van der Waals surface area contributed by atoms with Gasteiger partial charge in [0.1, 0.15) is 30.2 Å². The van der Waals surface area contributed by atoms with Crippen LogP contribution in [0.25, 0.3) is 0 Å². The van der Waals surface area contributed by atoms with Crippen molar-refractivity contribution in [1.82, 2.24) is 36.1 Å². The highest BCUT2D eigenvalue weighted by molar-refractivity contribution is 5.97. The summed E-state index contributed by atoms with van der Waals surface area (Å²) in [4.78, 5) is 90.5. The SMILES string of the molecule is NCCCC[C@H](NC(=O)[C@@H]1CCCN1C(=O)[C@H](Cc1ccccc1)NC(=O)[C@H](Cc1ccccc1)NC(=O)[C@H](Cc1ccccc1)NC(=O)[C@@H](N)Cc1cnc[nH]1)C(=O)O. The highest BCUT2D eigenvalue weighted by Crippen LogP contribution is 2.21. The smallest absolute Gasteiger partial charge is 0.326 e. The molecule has 0 aliphatic carbocycles. The summed E-state index contributed by atoms with van der Waals surface area (Å²) in [7, 11) is 0. The number of rotatable bonds is 22. The number of benzene rings is 3. The number of carboxylic acid groups (broad SMARTS) is 1. The Labute approximate surface area is 349 Å². The fourth-order valence-corrected chi connectivity index (χ4v) is 7.24. The van der Waals surface area contributed by atoms with E-state index in [0.29, 0.717) is 37.9 Å². The molecule has 6 atom stereocenters. The van der Waals surface area contributed by atoms with E-state index in [9.17, 15) is 33.9 Å². The van der Waals surface area contributed by atoms with Crippen LogP contribution in [0.15, 0.2) is 104 Å². The van der Waals surface area contributed by atoms with Crippen molar-refractivity contribution in [1.29, 1.82) is 0 Å². The van der Waals surface area contributed by atoms with Crippen LogP contribution >= 0.6 is 0 Å². The minimum atomic E-state index is -1.21. The van der Waals surface area contributed by atoms with Crippen molar-refractivity contribution in [3.63, 3.8) is 0 Å². The lowest BCUT2D eigenvalue weighted by Gasteiger charge is -2.31. The van der Waals surface area contributed by atoms with Crippen molar-refractivity contribution >= 4 is 35.5 Å². The Morgan fingerprint density at radius 1 is 0.700 bits per heavy atom. The summed E-state index contributed by atoms with van der Waals surface area (Å²) in [5, 5.41) is 20.9. The predicted molar refractivity (Wildman–Crippen MR) is 224 cm³/mol. The molecule has 0 radical (unpaired) electrons. The van der Waals surface area contributed by atoms with E-state index in [1.165, 1.54) is 11.2 Å². The van der Waals surface area contributed by atoms with E-state index >= 15 is 0 Å². The van der Waals surface area contributed by atoms with Gasteiger partial charge in [0.25, 0.3) is 0 Å². The molecule has 0 bridgehead atoms. The molecule has 10 N–H and O–H groups in total. The second kappa shape index (κ2) is 22.7. The summed E-state index contributed by atoms with van der Waals surface area (Å²) in [6, 6.07) is 20.6. The lowest BCUT2D eigenvalue weighted by atomic mass is 10.0. The number of imidazole rings is 1. The third kappa shape index (κ3) is 13.3. The summed E-state index contributed by atoms with van der Waals surface area (Å²) < 4.78 is 0. The Morgan fingerprint density at radius 3 is 1.72 bits per heavy atom. The maximum absolute atomic E-state index is 14.5. The fraction of sp³-hybridized carbons (Fsp3) is 0.386. The first-order valence-electron chi connectivity index (χ1n) is 20.3. The first kappa shape index (κ1) is 44.7. The number of carbonyl (C=O) groups excluding carboxylic acids is 5. The van der Waals surface area contributed by atoms with Crippen molar-refractivity contribution in [3.8, 4) is 0 Å². The zero-order valence-corrected chi connectivity index (χ0v) is 33.5. The third-order valence-electron chi connectivity index (χ3n) is 10.5. The monoisotopic (exact) mass is 821 g/mol. The van der Waals surface area contributed by atoms with Crippen molar-refractivity contribution in [2.24, 2.45) is 11.5 Å². The summed E-state index contributed by atoms with van der Waals surface area (Å²) in [6.45, 7) is 0.610. The van der Waals surface area contributed by atoms with Gasteiger partial charge in [-0.2, -0.15) is 0 Å². The topological polar surface area (TPSA) is 255 Å². The lowest BCUT2D eigenvalue weighted by Crippen LogP contribution is -2.60. The molecule has 5 rings (SSSR count). The Balaban J connectivity index is 1.38. The second-order valence-corrected chi connectivity index (χ2v) is 15.0. The van der Waals surface area contributed by atoms with Crippen LogP contribution in [0.4, 0.5) is 0 Å². The molecule has 318 valence electrons. The molecule has 16 heteroatoms. The average molecular weight is 822 g/mol. The molecular formula is C44H55N9O7. The number of unbranched alkanes of at least 4 members (excludes halogenated alkanes) is 1. The van der Waals surface area contributed by atoms with E-state index in [0.717, 1.165) is 16.7 Å². The van der Waals surface area contributed by atoms with Gasteiger partial charge in [-0.1, -0.05) is 91.0 Å². The molecule has 60 heavy (non-hydrogen) atoms. The van der Waals surface area contributed by atoms with Gasteiger partial charge < -0.3 is 47.7 Å². The van der Waals surface area contributed by atoms with Gasteiger partial charge in [-0.05, 0) is 55.3 Å². The number of carbonyl (C=O) groups is 6. The van der Waals surface area contributed by atoms with Crippen LogP contribution in [0.2, 0.25) is 0 Å². The Kier molecular flexibility index (Phi) is 16.9. The number of aromatic amines is 1.